The maximum absolute atomic E-state index is 13.2. The topological polar surface area (TPSA) is 28.5 Å². The summed E-state index contributed by atoms with van der Waals surface area (Å²) in [6.07, 6.45) is 5.34. The van der Waals surface area contributed by atoms with Crippen LogP contribution in [-0.2, 0) is 7.05 Å². The number of carbonyl (C=O) groups is 1. The van der Waals surface area contributed by atoms with E-state index in [9.17, 15) is 9.18 Å². The highest BCUT2D eigenvalue weighted by Gasteiger charge is 2.30. The third-order valence-corrected chi connectivity index (χ3v) is 7.15. The number of aryl methyl sites for hydroxylation is 1. The Morgan fingerprint density at radius 2 is 1.74 bits per heavy atom. The van der Waals surface area contributed by atoms with Gasteiger partial charge >= 0.3 is 0 Å². The first-order valence-corrected chi connectivity index (χ1v) is 12.1. The molecule has 2 saturated heterocycles. The molecule has 1 atom stereocenters. The Bertz CT molecular complexity index is 1150. The number of hydrogen-bond donors (Lipinski definition) is 0. The van der Waals surface area contributed by atoms with Gasteiger partial charge in [0, 0.05) is 38.3 Å². The highest BCUT2D eigenvalue weighted by molar-refractivity contribution is 6.06. The van der Waals surface area contributed by atoms with Crippen LogP contribution in [-0.4, -0.2) is 53.0 Å². The molecule has 0 N–H and O–H groups in total. The van der Waals surface area contributed by atoms with Crippen LogP contribution in [0.2, 0.25) is 0 Å². The fourth-order valence-corrected chi connectivity index (χ4v) is 5.41. The Morgan fingerprint density at radius 3 is 2.44 bits per heavy atom. The van der Waals surface area contributed by atoms with Crippen LogP contribution >= 0.6 is 0 Å². The van der Waals surface area contributed by atoms with Gasteiger partial charge in [-0.05, 0) is 74.0 Å². The Kier molecular flexibility index (Phi) is 7.66. The Labute approximate surface area is 202 Å². The number of para-hydroxylation sites is 1. The lowest BCUT2D eigenvalue weighted by Crippen LogP contribution is -2.37. The Balaban J connectivity index is 0.000000868. The lowest BCUT2D eigenvalue weighted by atomic mass is 9.89. The molecule has 3 heterocycles. The summed E-state index contributed by atoms with van der Waals surface area (Å²) in [5.74, 6) is 1.07. The molecule has 0 aliphatic carbocycles. The number of hydrogen-bond acceptors (Lipinski definition) is 2. The van der Waals surface area contributed by atoms with Gasteiger partial charge in [-0.2, -0.15) is 0 Å². The van der Waals surface area contributed by atoms with E-state index in [1.807, 2.05) is 47.0 Å². The third-order valence-electron chi connectivity index (χ3n) is 7.15. The first-order chi connectivity index (χ1) is 16.5. The second-order valence-electron chi connectivity index (χ2n) is 9.45. The van der Waals surface area contributed by atoms with Crippen LogP contribution in [0, 0.1) is 11.7 Å². The van der Waals surface area contributed by atoms with Gasteiger partial charge in [0.2, 0.25) is 0 Å². The first-order valence-electron chi connectivity index (χ1n) is 12.1. The molecule has 1 aromatic heterocycles. The summed E-state index contributed by atoms with van der Waals surface area (Å²) in [5, 5.41) is 1.12. The number of piperidine rings is 1. The van der Waals surface area contributed by atoms with Crippen molar-refractivity contribution in [2.75, 3.05) is 32.7 Å². The van der Waals surface area contributed by atoms with Gasteiger partial charge in [-0.25, -0.2) is 4.39 Å². The second-order valence-corrected chi connectivity index (χ2v) is 9.45. The van der Waals surface area contributed by atoms with Crippen LogP contribution in [0.25, 0.3) is 10.9 Å². The van der Waals surface area contributed by atoms with Crippen LogP contribution in [0.15, 0.2) is 73.6 Å². The molecule has 34 heavy (non-hydrogen) atoms. The van der Waals surface area contributed by atoms with Crippen LogP contribution in [0.5, 0.6) is 0 Å². The summed E-state index contributed by atoms with van der Waals surface area (Å²) in [5.41, 5.74) is 5.35. The van der Waals surface area contributed by atoms with Gasteiger partial charge in [0.05, 0.1) is 11.1 Å². The number of likely N-dealkylation sites (tertiary alicyclic amines) is 2. The number of aromatic nitrogens is 1. The molecular weight excluding hydrogens is 425 g/mol. The zero-order chi connectivity index (χ0) is 24.1. The van der Waals surface area contributed by atoms with Crippen molar-refractivity contribution in [3.8, 4) is 0 Å². The van der Waals surface area contributed by atoms with Gasteiger partial charge in [0.25, 0.3) is 5.91 Å². The minimum atomic E-state index is -0.162. The number of nitrogens with zero attached hydrogens (tertiary/aromatic N) is 3. The average molecular weight is 460 g/mol. The van der Waals surface area contributed by atoms with Gasteiger partial charge < -0.3 is 14.4 Å². The summed E-state index contributed by atoms with van der Waals surface area (Å²) < 4.78 is 15.2. The number of fused-ring (bicyclic) bond motifs is 1. The number of amides is 1. The van der Waals surface area contributed by atoms with Gasteiger partial charge in [-0.15, -0.1) is 5.73 Å². The van der Waals surface area contributed by atoms with Gasteiger partial charge in [0.15, 0.2) is 0 Å². The fraction of sp³-hybridized carbons (Fsp3) is 0.379. The molecule has 2 aliphatic heterocycles. The monoisotopic (exact) mass is 459 g/mol. The van der Waals surface area contributed by atoms with Crippen LogP contribution in [0.3, 0.4) is 0 Å². The molecule has 0 spiro atoms. The van der Waals surface area contributed by atoms with Crippen molar-refractivity contribution in [2.45, 2.75) is 25.2 Å². The number of halogens is 1. The van der Waals surface area contributed by atoms with E-state index in [4.69, 9.17) is 0 Å². The molecular formula is C29H34FN3O. The van der Waals surface area contributed by atoms with E-state index in [-0.39, 0.29) is 11.7 Å². The van der Waals surface area contributed by atoms with Crippen molar-refractivity contribution in [3.63, 3.8) is 0 Å². The molecule has 2 aliphatic rings. The number of benzene rings is 2. The van der Waals surface area contributed by atoms with E-state index >= 15 is 0 Å². The summed E-state index contributed by atoms with van der Waals surface area (Å²) in [4.78, 5) is 17.8. The second kappa shape index (κ2) is 10.9. The van der Waals surface area contributed by atoms with Gasteiger partial charge in [-0.3, -0.25) is 4.79 Å². The van der Waals surface area contributed by atoms with Crippen LogP contribution in [0.1, 0.15) is 41.1 Å². The Morgan fingerprint density at radius 1 is 1.03 bits per heavy atom. The zero-order valence-electron chi connectivity index (χ0n) is 20.0. The van der Waals surface area contributed by atoms with E-state index < -0.39 is 0 Å². The molecule has 0 bridgehead atoms. The Hall–Kier alpha value is -3.14. The quantitative estimate of drug-likeness (QED) is 0.474. The van der Waals surface area contributed by atoms with E-state index in [2.05, 4.69) is 35.9 Å². The summed E-state index contributed by atoms with van der Waals surface area (Å²) >= 11 is 0. The lowest BCUT2D eigenvalue weighted by molar-refractivity contribution is 0.0783. The molecule has 0 radical (unpaired) electrons. The van der Waals surface area contributed by atoms with Crippen molar-refractivity contribution in [2.24, 2.45) is 13.0 Å². The van der Waals surface area contributed by atoms with E-state index in [0.717, 1.165) is 68.5 Å². The van der Waals surface area contributed by atoms with Crippen LogP contribution in [0.4, 0.5) is 4.39 Å². The SMILES string of the molecule is C=C=C.Cn1ccc2cccc(C(=O)N3CCC(CN4CCC(c5ccc(F)cc5)CC4)C3)c21. The fourth-order valence-electron chi connectivity index (χ4n) is 5.41. The highest BCUT2D eigenvalue weighted by Crippen LogP contribution is 2.30. The van der Waals surface area contributed by atoms with Gasteiger partial charge in [-0.1, -0.05) is 37.4 Å². The van der Waals surface area contributed by atoms with E-state index in [0.29, 0.717) is 11.8 Å². The number of rotatable bonds is 4. The minimum Gasteiger partial charge on any atom is -0.350 e. The van der Waals surface area contributed by atoms with E-state index in [1.54, 1.807) is 12.1 Å². The summed E-state index contributed by atoms with van der Waals surface area (Å²) in [6, 6.07) is 15.1. The molecule has 4 nitrogen and oxygen atoms in total. The van der Waals surface area contributed by atoms with E-state index in [1.165, 1.54) is 5.56 Å². The largest absolute Gasteiger partial charge is 0.350 e. The minimum absolute atomic E-state index is 0.157. The predicted octanol–water partition coefficient (Wildman–Crippen LogP) is 5.62. The molecule has 1 unspecified atom stereocenters. The van der Waals surface area contributed by atoms with Crippen molar-refractivity contribution >= 4 is 16.8 Å². The maximum Gasteiger partial charge on any atom is 0.256 e. The van der Waals surface area contributed by atoms with Crippen LogP contribution < -0.4 is 0 Å². The number of carbonyl (C=O) groups excluding carboxylic acids is 1. The van der Waals surface area contributed by atoms with Crippen molar-refractivity contribution in [1.82, 2.24) is 14.4 Å². The van der Waals surface area contributed by atoms with Crippen molar-refractivity contribution in [1.29, 1.82) is 0 Å². The van der Waals surface area contributed by atoms with Crippen molar-refractivity contribution in [3.05, 3.63) is 90.6 Å². The molecule has 5 heteroatoms. The maximum atomic E-state index is 13.2. The predicted molar refractivity (Wildman–Crippen MR) is 137 cm³/mol. The highest BCUT2D eigenvalue weighted by atomic mass is 19.1. The summed E-state index contributed by atoms with van der Waals surface area (Å²) in [6.45, 7) is 11.2. The smallest absolute Gasteiger partial charge is 0.256 e. The molecule has 2 fully saturated rings. The standard InChI is InChI=1S/C26H30FN3O.C3H4/c1-28-13-10-22-3-2-4-24(25(22)28)26(31)30-16-9-19(18-30)17-29-14-11-21(12-15-29)20-5-7-23(27)8-6-20;1-3-2/h2-8,10,13,19,21H,9,11-12,14-18H2,1H3;1-2H2. The third kappa shape index (κ3) is 5.32. The molecule has 3 aromatic rings. The normalized spacial score (nSPS) is 19.0. The lowest BCUT2D eigenvalue weighted by Gasteiger charge is -2.33. The summed E-state index contributed by atoms with van der Waals surface area (Å²) in [7, 11) is 2.00. The molecule has 1 amide bonds. The zero-order valence-corrected chi connectivity index (χ0v) is 20.0. The van der Waals surface area contributed by atoms with Crippen molar-refractivity contribution < 1.29 is 9.18 Å². The molecule has 5 rings (SSSR count). The molecule has 0 saturated carbocycles. The molecule has 2 aromatic carbocycles. The van der Waals surface area contributed by atoms with Gasteiger partial charge in [0.1, 0.15) is 5.82 Å². The molecule has 178 valence electrons. The first kappa shape index (κ1) is 24.0. The average Bonchev–Trinajstić information content (AvgIpc) is 3.47.